The van der Waals surface area contributed by atoms with Gasteiger partial charge < -0.3 is 15.4 Å². The highest BCUT2D eigenvalue weighted by molar-refractivity contribution is 6.39. The smallest absolute Gasteiger partial charge is 0.313 e. The number of amides is 2. The minimum atomic E-state index is -0.683. The molecular weight excluding hydrogens is 352 g/mol. The molecule has 0 radical (unpaired) electrons. The minimum Gasteiger partial charge on any atom is -0.377 e. The Morgan fingerprint density at radius 1 is 0.964 bits per heavy atom. The Bertz CT molecular complexity index is 797. The van der Waals surface area contributed by atoms with E-state index in [0.717, 1.165) is 17.5 Å². The fourth-order valence-corrected chi connectivity index (χ4v) is 2.97. The average molecular weight is 383 g/mol. The summed E-state index contributed by atoms with van der Waals surface area (Å²) in [6.45, 7) is 8.25. The molecule has 0 fully saturated rings. The zero-order chi connectivity index (χ0) is 20.7. The molecule has 0 bridgehead atoms. The van der Waals surface area contributed by atoms with E-state index in [2.05, 4.69) is 31.4 Å². The molecule has 2 N–H and O–H groups in total. The van der Waals surface area contributed by atoms with Crippen molar-refractivity contribution in [3.8, 4) is 0 Å². The van der Waals surface area contributed by atoms with Crippen LogP contribution in [-0.4, -0.2) is 18.9 Å². The van der Waals surface area contributed by atoms with Gasteiger partial charge in [-0.1, -0.05) is 63.2 Å². The predicted octanol–water partition coefficient (Wildman–Crippen LogP) is 4.63. The van der Waals surface area contributed by atoms with Crippen LogP contribution >= 0.6 is 0 Å². The lowest BCUT2D eigenvalue weighted by molar-refractivity contribution is -0.136. The zero-order valence-electron chi connectivity index (χ0n) is 17.3. The maximum absolute atomic E-state index is 12.5. The van der Waals surface area contributed by atoms with Crippen LogP contribution in [0, 0.1) is 5.41 Å². The van der Waals surface area contributed by atoms with Crippen molar-refractivity contribution < 1.29 is 14.3 Å². The second kappa shape index (κ2) is 9.51. The molecule has 2 rings (SSSR count). The van der Waals surface area contributed by atoms with Crippen LogP contribution in [0.25, 0.3) is 0 Å². The first-order valence-electron chi connectivity index (χ1n) is 9.49. The molecule has 2 amide bonds. The second-order valence-corrected chi connectivity index (χ2v) is 8.16. The van der Waals surface area contributed by atoms with Gasteiger partial charge >= 0.3 is 11.8 Å². The molecule has 2 atom stereocenters. The standard InChI is InChI=1S/C23H30N2O3/c1-16(28-5)18-12-9-13-19(14-18)24-21(26)22(27)25-20(15-23(2,3)4)17-10-7-6-8-11-17/h6-14,16,20H,15H2,1-5H3,(H,24,26)(H,25,27)/t16-,20-/m0/s1. The Morgan fingerprint density at radius 3 is 2.21 bits per heavy atom. The van der Waals surface area contributed by atoms with Crippen molar-refractivity contribution >= 4 is 17.5 Å². The minimum absolute atomic E-state index is 0.00507. The van der Waals surface area contributed by atoms with E-state index in [1.807, 2.05) is 55.5 Å². The molecule has 150 valence electrons. The van der Waals surface area contributed by atoms with Crippen LogP contribution in [0.4, 0.5) is 5.69 Å². The third-order valence-corrected chi connectivity index (χ3v) is 4.50. The van der Waals surface area contributed by atoms with Gasteiger partial charge in [0.25, 0.3) is 0 Å². The van der Waals surface area contributed by atoms with Gasteiger partial charge in [0, 0.05) is 12.8 Å². The lowest BCUT2D eigenvalue weighted by Gasteiger charge is -2.27. The van der Waals surface area contributed by atoms with Gasteiger partial charge in [0.15, 0.2) is 0 Å². The van der Waals surface area contributed by atoms with Crippen LogP contribution in [0.3, 0.4) is 0 Å². The van der Waals surface area contributed by atoms with Crippen LogP contribution < -0.4 is 10.6 Å². The summed E-state index contributed by atoms with van der Waals surface area (Å²) >= 11 is 0. The van der Waals surface area contributed by atoms with Crippen LogP contribution in [0.1, 0.15) is 57.4 Å². The predicted molar refractivity (Wildman–Crippen MR) is 112 cm³/mol. The molecule has 5 nitrogen and oxygen atoms in total. The summed E-state index contributed by atoms with van der Waals surface area (Å²) < 4.78 is 5.30. The molecule has 0 aliphatic carbocycles. The summed E-state index contributed by atoms with van der Waals surface area (Å²) in [5.74, 6) is -1.33. The highest BCUT2D eigenvalue weighted by Gasteiger charge is 2.24. The van der Waals surface area contributed by atoms with Gasteiger partial charge in [0.2, 0.25) is 0 Å². The van der Waals surface area contributed by atoms with Gasteiger partial charge in [0.1, 0.15) is 0 Å². The van der Waals surface area contributed by atoms with E-state index in [-0.39, 0.29) is 17.6 Å². The van der Waals surface area contributed by atoms with E-state index >= 15 is 0 Å². The zero-order valence-corrected chi connectivity index (χ0v) is 17.3. The summed E-state index contributed by atoms with van der Waals surface area (Å²) in [6, 6.07) is 16.8. The summed E-state index contributed by atoms with van der Waals surface area (Å²) in [4.78, 5) is 25.0. The van der Waals surface area contributed by atoms with Gasteiger partial charge in [-0.3, -0.25) is 9.59 Å². The number of hydrogen-bond donors (Lipinski definition) is 2. The second-order valence-electron chi connectivity index (χ2n) is 8.16. The van der Waals surface area contributed by atoms with E-state index < -0.39 is 11.8 Å². The van der Waals surface area contributed by atoms with Gasteiger partial charge in [-0.15, -0.1) is 0 Å². The summed E-state index contributed by atoms with van der Waals surface area (Å²) in [5.41, 5.74) is 2.47. The molecule has 5 heteroatoms. The molecule has 0 aliphatic rings. The van der Waals surface area contributed by atoms with Crippen molar-refractivity contribution in [2.45, 2.75) is 46.3 Å². The van der Waals surface area contributed by atoms with E-state index in [9.17, 15) is 9.59 Å². The van der Waals surface area contributed by atoms with Crippen molar-refractivity contribution in [2.24, 2.45) is 5.41 Å². The monoisotopic (exact) mass is 382 g/mol. The molecular formula is C23H30N2O3. The van der Waals surface area contributed by atoms with Gasteiger partial charge in [-0.25, -0.2) is 0 Å². The Kier molecular flexibility index (Phi) is 7.35. The molecule has 0 aliphatic heterocycles. The summed E-state index contributed by atoms with van der Waals surface area (Å²) in [5, 5.41) is 5.56. The first kappa shape index (κ1) is 21.6. The molecule has 0 spiro atoms. The van der Waals surface area contributed by atoms with E-state index in [1.54, 1.807) is 13.2 Å². The third kappa shape index (κ3) is 6.50. The Hall–Kier alpha value is -2.66. The Morgan fingerprint density at radius 2 is 1.61 bits per heavy atom. The van der Waals surface area contributed by atoms with Crippen molar-refractivity contribution in [3.63, 3.8) is 0 Å². The number of nitrogens with one attached hydrogen (secondary N) is 2. The van der Waals surface area contributed by atoms with Crippen LogP contribution in [0.2, 0.25) is 0 Å². The van der Waals surface area contributed by atoms with Crippen molar-refractivity contribution in [2.75, 3.05) is 12.4 Å². The molecule has 0 saturated carbocycles. The van der Waals surface area contributed by atoms with E-state index in [0.29, 0.717) is 5.69 Å². The van der Waals surface area contributed by atoms with Crippen LogP contribution in [0.15, 0.2) is 54.6 Å². The maximum Gasteiger partial charge on any atom is 0.313 e. The van der Waals surface area contributed by atoms with Gasteiger partial charge in [-0.05, 0) is 42.0 Å². The average Bonchev–Trinajstić information content (AvgIpc) is 2.66. The highest BCUT2D eigenvalue weighted by Crippen LogP contribution is 2.29. The van der Waals surface area contributed by atoms with Crippen molar-refractivity contribution in [3.05, 3.63) is 65.7 Å². The third-order valence-electron chi connectivity index (χ3n) is 4.50. The number of benzene rings is 2. The van der Waals surface area contributed by atoms with Crippen molar-refractivity contribution in [1.82, 2.24) is 5.32 Å². The molecule has 0 heterocycles. The largest absolute Gasteiger partial charge is 0.377 e. The summed E-state index contributed by atoms with van der Waals surface area (Å²) in [6.07, 6.45) is 0.622. The fourth-order valence-electron chi connectivity index (χ4n) is 2.97. The number of rotatable bonds is 6. The first-order valence-corrected chi connectivity index (χ1v) is 9.49. The van der Waals surface area contributed by atoms with Gasteiger partial charge in [0.05, 0.1) is 12.1 Å². The molecule has 0 saturated heterocycles. The number of hydrogen-bond acceptors (Lipinski definition) is 3. The normalized spacial score (nSPS) is 13.5. The number of anilines is 1. The maximum atomic E-state index is 12.5. The number of carbonyl (C=O) groups is 2. The quantitative estimate of drug-likeness (QED) is 0.716. The van der Waals surface area contributed by atoms with Gasteiger partial charge in [-0.2, -0.15) is 0 Å². The number of carbonyl (C=O) groups excluding carboxylic acids is 2. The lowest BCUT2D eigenvalue weighted by atomic mass is 9.85. The Balaban J connectivity index is 2.09. The van der Waals surface area contributed by atoms with Crippen LogP contribution in [0.5, 0.6) is 0 Å². The molecule has 0 unspecified atom stereocenters. The van der Waals surface area contributed by atoms with Crippen LogP contribution in [-0.2, 0) is 14.3 Å². The molecule has 28 heavy (non-hydrogen) atoms. The first-order chi connectivity index (χ1) is 13.2. The number of methoxy groups -OCH3 is 1. The number of ether oxygens (including phenoxy) is 1. The topological polar surface area (TPSA) is 67.4 Å². The van der Waals surface area contributed by atoms with Crippen molar-refractivity contribution in [1.29, 1.82) is 0 Å². The molecule has 0 aromatic heterocycles. The Labute approximate surface area is 167 Å². The fraction of sp³-hybridized carbons (Fsp3) is 0.391. The molecule has 2 aromatic carbocycles. The summed E-state index contributed by atoms with van der Waals surface area (Å²) in [7, 11) is 1.63. The molecule has 2 aromatic rings. The SMILES string of the molecule is CO[C@@H](C)c1cccc(NC(=O)C(=O)N[C@@H](CC(C)(C)C)c2ccccc2)c1. The van der Waals surface area contributed by atoms with E-state index in [1.165, 1.54) is 0 Å². The van der Waals surface area contributed by atoms with E-state index in [4.69, 9.17) is 4.74 Å². The lowest BCUT2D eigenvalue weighted by Crippen LogP contribution is -2.39. The highest BCUT2D eigenvalue weighted by atomic mass is 16.5.